The second kappa shape index (κ2) is 5.02. The molecule has 1 spiro atoms. The molecule has 1 aliphatic heterocycles. The van der Waals surface area contributed by atoms with Crippen LogP contribution < -0.4 is 4.90 Å². The molecule has 1 aliphatic carbocycles. The number of aliphatic hydroxyl groups is 1. The molecule has 110 valence electrons. The zero-order chi connectivity index (χ0) is 14.2. The lowest BCUT2D eigenvalue weighted by molar-refractivity contribution is -0.204. The van der Waals surface area contributed by atoms with Crippen LogP contribution in [0.25, 0.3) is 0 Å². The molecule has 0 unspecified atom stereocenters. The maximum absolute atomic E-state index is 11.1. The van der Waals surface area contributed by atoms with Crippen LogP contribution >= 0.6 is 0 Å². The summed E-state index contributed by atoms with van der Waals surface area (Å²) in [5, 5.41) is 11.1. The highest BCUT2D eigenvalue weighted by atomic mass is 16.7. The Hall–Kier alpha value is -1.10. The molecule has 0 atom stereocenters. The summed E-state index contributed by atoms with van der Waals surface area (Å²) in [6, 6.07) is 8.09. The van der Waals surface area contributed by atoms with E-state index in [-0.39, 0.29) is 0 Å². The molecule has 4 heteroatoms. The van der Waals surface area contributed by atoms with Crippen molar-refractivity contribution in [1.29, 1.82) is 0 Å². The SMILES string of the molecule is CN(C)c1ccccc1C1(O)CCC2(CC1)OCCO2. The van der Waals surface area contributed by atoms with Gasteiger partial charge >= 0.3 is 0 Å². The minimum absolute atomic E-state index is 0.431. The first-order chi connectivity index (χ1) is 9.55. The van der Waals surface area contributed by atoms with Crippen molar-refractivity contribution >= 4 is 5.69 Å². The second-order valence-electron chi connectivity index (χ2n) is 6.05. The summed E-state index contributed by atoms with van der Waals surface area (Å²) in [5.41, 5.74) is 1.32. The van der Waals surface area contributed by atoms with E-state index in [9.17, 15) is 5.11 Å². The standard InChI is InChI=1S/C16H23NO3/c1-17(2)14-6-4-3-5-13(14)15(18)7-9-16(10-8-15)19-11-12-20-16/h3-6,18H,7-12H2,1-2H3. The van der Waals surface area contributed by atoms with Crippen LogP contribution in [0.5, 0.6) is 0 Å². The lowest BCUT2D eigenvalue weighted by Crippen LogP contribution is -2.42. The van der Waals surface area contributed by atoms with Gasteiger partial charge in [0.1, 0.15) is 0 Å². The van der Waals surface area contributed by atoms with Crippen molar-refractivity contribution < 1.29 is 14.6 Å². The van der Waals surface area contributed by atoms with E-state index in [2.05, 4.69) is 11.0 Å². The summed E-state index contributed by atoms with van der Waals surface area (Å²) in [6.07, 6.45) is 2.87. The third-order valence-electron chi connectivity index (χ3n) is 4.54. The molecule has 2 aliphatic rings. The van der Waals surface area contributed by atoms with E-state index in [1.54, 1.807) is 0 Å². The summed E-state index contributed by atoms with van der Waals surface area (Å²) in [7, 11) is 4.02. The molecule has 0 amide bonds. The number of para-hydroxylation sites is 1. The van der Waals surface area contributed by atoms with E-state index in [0.717, 1.165) is 24.1 Å². The molecule has 3 rings (SSSR count). The molecule has 20 heavy (non-hydrogen) atoms. The van der Waals surface area contributed by atoms with Crippen molar-refractivity contribution in [1.82, 2.24) is 0 Å². The summed E-state index contributed by atoms with van der Waals surface area (Å²) >= 11 is 0. The van der Waals surface area contributed by atoms with Gasteiger partial charge in [-0.1, -0.05) is 18.2 Å². The van der Waals surface area contributed by atoms with Crippen molar-refractivity contribution in [2.24, 2.45) is 0 Å². The molecule has 1 aromatic rings. The molecule has 0 radical (unpaired) electrons. The van der Waals surface area contributed by atoms with Crippen LogP contribution in [0, 0.1) is 0 Å². The maximum Gasteiger partial charge on any atom is 0.168 e. The molecule has 0 bridgehead atoms. The molecular formula is C16H23NO3. The Morgan fingerprint density at radius 2 is 1.60 bits per heavy atom. The van der Waals surface area contributed by atoms with E-state index in [0.29, 0.717) is 26.1 Å². The fourth-order valence-corrected chi connectivity index (χ4v) is 3.36. The Bertz CT molecular complexity index is 470. The molecule has 1 heterocycles. The highest BCUT2D eigenvalue weighted by Crippen LogP contribution is 2.46. The minimum atomic E-state index is -0.776. The summed E-state index contributed by atoms with van der Waals surface area (Å²) in [6.45, 7) is 1.35. The average molecular weight is 277 g/mol. The number of rotatable bonds is 2. The van der Waals surface area contributed by atoms with Crippen LogP contribution in [0.4, 0.5) is 5.69 Å². The Morgan fingerprint density at radius 3 is 2.20 bits per heavy atom. The molecule has 1 saturated heterocycles. The Labute approximate surface area is 120 Å². The number of nitrogens with zero attached hydrogens (tertiary/aromatic N) is 1. The summed E-state index contributed by atoms with van der Waals surface area (Å²) < 4.78 is 11.5. The van der Waals surface area contributed by atoms with E-state index in [1.807, 2.05) is 32.3 Å². The fraction of sp³-hybridized carbons (Fsp3) is 0.625. The van der Waals surface area contributed by atoms with Gasteiger partial charge in [-0.2, -0.15) is 0 Å². The van der Waals surface area contributed by atoms with Crippen molar-refractivity contribution in [2.45, 2.75) is 37.1 Å². The molecule has 1 aromatic carbocycles. The second-order valence-corrected chi connectivity index (χ2v) is 6.05. The first-order valence-corrected chi connectivity index (χ1v) is 7.32. The topological polar surface area (TPSA) is 41.9 Å². The van der Waals surface area contributed by atoms with Gasteiger partial charge < -0.3 is 19.5 Å². The fourth-order valence-electron chi connectivity index (χ4n) is 3.36. The summed E-state index contributed by atoms with van der Waals surface area (Å²) in [4.78, 5) is 2.06. The molecule has 2 fully saturated rings. The Morgan fingerprint density at radius 1 is 1.00 bits per heavy atom. The molecule has 1 N–H and O–H groups in total. The Balaban J connectivity index is 1.84. The highest BCUT2D eigenvalue weighted by molar-refractivity contribution is 5.55. The van der Waals surface area contributed by atoms with Crippen molar-refractivity contribution in [3.05, 3.63) is 29.8 Å². The maximum atomic E-state index is 11.1. The van der Waals surface area contributed by atoms with E-state index >= 15 is 0 Å². The van der Waals surface area contributed by atoms with Crippen LogP contribution in [0.2, 0.25) is 0 Å². The number of hydrogen-bond donors (Lipinski definition) is 1. The van der Waals surface area contributed by atoms with E-state index in [1.165, 1.54) is 0 Å². The van der Waals surface area contributed by atoms with Gasteiger partial charge in [0.2, 0.25) is 0 Å². The number of hydrogen-bond acceptors (Lipinski definition) is 4. The normalized spacial score (nSPS) is 23.9. The predicted octanol–water partition coefficient (Wildman–Crippen LogP) is 2.26. The molecule has 0 aromatic heterocycles. The van der Waals surface area contributed by atoms with Crippen LogP contribution in [-0.4, -0.2) is 38.2 Å². The van der Waals surface area contributed by atoms with Gasteiger partial charge in [-0.3, -0.25) is 0 Å². The van der Waals surface area contributed by atoms with Gasteiger partial charge in [0.05, 0.1) is 18.8 Å². The highest BCUT2D eigenvalue weighted by Gasteiger charge is 2.46. The number of anilines is 1. The average Bonchev–Trinajstić information content (AvgIpc) is 2.91. The van der Waals surface area contributed by atoms with Gasteiger partial charge in [0, 0.05) is 38.2 Å². The minimum Gasteiger partial charge on any atom is -0.385 e. The summed E-state index contributed by atoms with van der Waals surface area (Å²) in [5.74, 6) is -0.431. The molecular weight excluding hydrogens is 254 g/mol. The third kappa shape index (κ3) is 2.32. The van der Waals surface area contributed by atoms with Crippen molar-refractivity contribution in [2.75, 3.05) is 32.2 Å². The van der Waals surface area contributed by atoms with Crippen molar-refractivity contribution in [3.8, 4) is 0 Å². The molecule has 1 saturated carbocycles. The van der Waals surface area contributed by atoms with Gasteiger partial charge in [0.15, 0.2) is 5.79 Å². The monoisotopic (exact) mass is 277 g/mol. The van der Waals surface area contributed by atoms with Crippen LogP contribution in [0.15, 0.2) is 24.3 Å². The zero-order valence-electron chi connectivity index (χ0n) is 12.3. The van der Waals surface area contributed by atoms with Gasteiger partial charge in [-0.25, -0.2) is 0 Å². The lowest BCUT2D eigenvalue weighted by Gasteiger charge is -2.42. The lowest BCUT2D eigenvalue weighted by atomic mass is 9.76. The first-order valence-electron chi connectivity index (χ1n) is 7.32. The van der Waals surface area contributed by atoms with Crippen LogP contribution in [0.1, 0.15) is 31.2 Å². The van der Waals surface area contributed by atoms with Gasteiger partial charge in [-0.15, -0.1) is 0 Å². The van der Waals surface area contributed by atoms with E-state index in [4.69, 9.17) is 9.47 Å². The molecule has 4 nitrogen and oxygen atoms in total. The zero-order valence-corrected chi connectivity index (χ0v) is 12.3. The van der Waals surface area contributed by atoms with Gasteiger partial charge in [0.25, 0.3) is 0 Å². The largest absolute Gasteiger partial charge is 0.385 e. The number of benzene rings is 1. The van der Waals surface area contributed by atoms with Gasteiger partial charge in [-0.05, 0) is 18.9 Å². The number of ether oxygens (including phenoxy) is 2. The third-order valence-corrected chi connectivity index (χ3v) is 4.54. The van der Waals surface area contributed by atoms with Crippen molar-refractivity contribution in [3.63, 3.8) is 0 Å². The van der Waals surface area contributed by atoms with Crippen LogP contribution in [-0.2, 0) is 15.1 Å². The smallest absolute Gasteiger partial charge is 0.168 e. The first kappa shape index (κ1) is 13.9. The van der Waals surface area contributed by atoms with E-state index < -0.39 is 11.4 Å². The van der Waals surface area contributed by atoms with Crippen LogP contribution in [0.3, 0.4) is 0 Å². The Kier molecular flexibility index (Phi) is 3.48. The quantitative estimate of drug-likeness (QED) is 0.900. The predicted molar refractivity (Wildman–Crippen MR) is 77.8 cm³/mol.